The number of nitrogens with zero attached hydrogens (tertiary/aromatic N) is 4. The Morgan fingerprint density at radius 1 is 1.22 bits per heavy atom. The molecular weight excluding hydrogens is 576 g/mol. The Bertz CT molecular complexity index is 1280. The van der Waals surface area contributed by atoms with E-state index in [-0.39, 0.29) is 34.8 Å². The predicted octanol–water partition coefficient (Wildman–Crippen LogP) is 0.813. The summed E-state index contributed by atoms with van der Waals surface area (Å²) in [5.74, 6) is 0.0266. The maximum atomic E-state index is 13.1. The molecule has 3 aromatic rings. The second-order valence-corrected chi connectivity index (χ2v) is 9.27. The molecule has 2 aliphatic heterocycles. The van der Waals surface area contributed by atoms with Gasteiger partial charge in [-0.25, -0.2) is 4.98 Å². The van der Waals surface area contributed by atoms with Crippen molar-refractivity contribution < 1.29 is 51.7 Å². The summed E-state index contributed by atoms with van der Waals surface area (Å²) in [5, 5.41) is 21.3. The Morgan fingerprint density at radius 2 is 1.97 bits per heavy atom. The molecule has 0 spiro atoms. The maximum absolute atomic E-state index is 13.1. The predicted molar refractivity (Wildman–Crippen MR) is 122 cm³/mol. The minimum absolute atomic E-state index is 0.201. The number of ether oxygens (including phenoxy) is 4. The van der Waals surface area contributed by atoms with Gasteiger partial charge in [0.2, 0.25) is 5.13 Å². The van der Waals surface area contributed by atoms with Gasteiger partial charge in [-0.05, 0) is 30.4 Å². The molecule has 37 heavy (non-hydrogen) atoms. The molecule has 2 saturated heterocycles. The number of carbonyl (C=O) groups excluding carboxylic acids is 1. The number of anilines is 1. The number of halogens is 1. The van der Waals surface area contributed by atoms with Crippen LogP contribution in [-0.2, 0) is 28.1 Å². The van der Waals surface area contributed by atoms with Gasteiger partial charge in [0.25, 0.3) is 11.1 Å². The van der Waals surface area contributed by atoms with Gasteiger partial charge in [-0.1, -0.05) is 16.7 Å². The van der Waals surface area contributed by atoms with Crippen LogP contribution in [0, 0.1) is 6.92 Å². The number of methoxy groups -OCH3 is 1. The van der Waals surface area contributed by atoms with Crippen LogP contribution >= 0.6 is 22.9 Å². The topological polar surface area (TPSA) is 178 Å². The second kappa shape index (κ2) is 12.3. The van der Waals surface area contributed by atoms with Crippen LogP contribution in [0.2, 0.25) is 5.15 Å². The molecule has 3 aromatic heterocycles. The molecule has 2 aliphatic rings. The normalized spacial score (nSPS) is 22.2. The SMILES string of the molecule is COc1cnc(Cl)cc1-c1cc(C)ncc1C(=O)Nc1nnc(O[C@H]2CO[C@H]3[C@@H]2OC[C@H]3O)s1.[O]=[Ni][O-]. The fraction of sp³-hybridized carbons (Fsp3) is 0.381. The summed E-state index contributed by atoms with van der Waals surface area (Å²) in [7, 11) is 1.51. The Balaban J connectivity index is 0.00000102. The Labute approximate surface area is 225 Å². The van der Waals surface area contributed by atoms with Crippen LogP contribution in [-0.4, -0.2) is 75.9 Å². The first-order valence-electron chi connectivity index (χ1n) is 10.6. The van der Waals surface area contributed by atoms with Crippen molar-refractivity contribution in [3.8, 4) is 22.1 Å². The molecule has 0 unspecified atom stereocenters. The van der Waals surface area contributed by atoms with Crippen LogP contribution < -0.4 is 19.0 Å². The van der Waals surface area contributed by atoms with E-state index in [1.54, 1.807) is 12.1 Å². The summed E-state index contributed by atoms with van der Waals surface area (Å²) < 4.78 is 39.0. The van der Waals surface area contributed by atoms with E-state index in [4.69, 9.17) is 38.7 Å². The molecule has 4 atom stereocenters. The van der Waals surface area contributed by atoms with Crippen molar-refractivity contribution >= 4 is 34.0 Å². The quantitative estimate of drug-likeness (QED) is 0.303. The first-order chi connectivity index (χ1) is 17.8. The number of pyridine rings is 2. The molecule has 0 saturated carbocycles. The molecule has 0 aromatic carbocycles. The van der Waals surface area contributed by atoms with Crippen molar-refractivity contribution in [1.82, 2.24) is 20.2 Å². The van der Waals surface area contributed by atoms with Gasteiger partial charge >= 0.3 is 22.8 Å². The number of hydrogen-bond acceptors (Lipinski definition) is 13. The van der Waals surface area contributed by atoms with E-state index in [9.17, 15) is 9.90 Å². The average Bonchev–Trinajstić information content (AvgIpc) is 3.59. The number of aliphatic hydroxyl groups is 1. The fourth-order valence-corrected chi connectivity index (χ4v) is 4.70. The molecule has 2 fully saturated rings. The number of aliphatic hydroxyl groups excluding tert-OH is 1. The summed E-state index contributed by atoms with van der Waals surface area (Å²) in [6, 6.07) is 3.39. The number of fused-ring (bicyclic) bond motifs is 1. The first kappa shape index (κ1) is 27.4. The third-order valence-corrected chi connectivity index (χ3v) is 6.43. The molecular formula is C21H20ClN5NiO8S-. The molecule has 5 heterocycles. The molecule has 16 heteroatoms. The van der Waals surface area contributed by atoms with Crippen molar-refractivity contribution in [2.45, 2.75) is 31.3 Å². The molecule has 2 N–H and O–H groups in total. The van der Waals surface area contributed by atoms with Gasteiger partial charge in [-0.3, -0.25) is 15.1 Å². The van der Waals surface area contributed by atoms with Crippen LogP contribution in [0.4, 0.5) is 5.13 Å². The van der Waals surface area contributed by atoms with Crippen molar-refractivity contribution in [2.24, 2.45) is 0 Å². The molecule has 1 amide bonds. The molecule has 0 radical (unpaired) electrons. The summed E-state index contributed by atoms with van der Waals surface area (Å²) in [4.78, 5) is 21.4. The number of aryl methyl sites for hydroxylation is 1. The van der Waals surface area contributed by atoms with Crippen molar-refractivity contribution in [2.75, 3.05) is 25.6 Å². The monoisotopic (exact) mass is 595 g/mol. The Hall–Kier alpha value is -2.65. The van der Waals surface area contributed by atoms with Crippen LogP contribution in [0.25, 0.3) is 11.1 Å². The standard InChI is InChI=1S/C21H20ClN5O6S.Ni.2O/c1-9-3-10(11-4-16(22)24-6-14(11)30-2)12(5-23-9)19(29)25-20-26-27-21(34-20)33-15-8-32-17-13(28)7-31-18(15)17;;;/h3-6,13,15,17-18,28H,7-8H2,1-2H3,(H,25,26,29);;;/q;;;-1/t13-,15+,17-,18-;;;/m1.../s1. The van der Waals surface area contributed by atoms with E-state index in [1.807, 2.05) is 6.92 Å². The zero-order valence-corrected chi connectivity index (χ0v) is 21.8. The van der Waals surface area contributed by atoms with E-state index >= 15 is 0 Å². The van der Waals surface area contributed by atoms with Gasteiger partial charge in [0.15, 0.2) is 6.10 Å². The van der Waals surface area contributed by atoms with Crippen molar-refractivity contribution in [3.05, 3.63) is 40.9 Å². The zero-order valence-electron chi connectivity index (χ0n) is 19.2. The van der Waals surface area contributed by atoms with Crippen molar-refractivity contribution in [1.29, 1.82) is 0 Å². The molecule has 13 nitrogen and oxygen atoms in total. The molecule has 5 rings (SSSR count). The Morgan fingerprint density at radius 3 is 2.73 bits per heavy atom. The van der Waals surface area contributed by atoms with Gasteiger partial charge in [0.1, 0.15) is 29.2 Å². The van der Waals surface area contributed by atoms with Gasteiger partial charge in [-0.15, -0.1) is 5.10 Å². The first-order valence-corrected chi connectivity index (χ1v) is 12.6. The second-order valence-electron chi connectivity index (χ2n) is 7.78. The average molecular weight is 597 g/mol. The molecule has 0 aliphatic carbocycles. The summed E-state index contributed by atoms with van der Waals surface area (Å²) in [6.45, 7) is 2.29. The summed E-state index contributed by atoms with van der Waals surface area (Å²) in [6.07, 6.45) is 1.09. The summed E-state index contributed by atoms with van der Waals surface area (Å²) >= 11 is 6.29. The number of carbonyl (C=O) groups is 1. The minimum atomic E-state index is -0.875. The van der Waals surface area contributed by atoms with Crippen LogP contribution in [0.15, 0.2) is 24.5 Å². The van der Waals surface area contributed by atoms with Gasteiger partial charge < -0.3 is 24.1 Å². The van der Waals surface area contributed by atoms with E-state index in [0.717, 1.165) is 11.3 Å². The molecule has 201 valence electrons. The van der Waals surface area contributed by atoms with E-state index in [0.29, 0.717) is 28.1 Å². The van der Waals surface area contributed by atoms with E-state index in [1.165, 1.54) is 19.5 Å². The van der Waals surface area contributed by atoms with Crippen LogP contribution in [0.3, 0.4) is 0 Å². The number of hydrogen-bond donors (Lipinski definition) is 2. The third kappa shape index (κ3) is 6.26. The van der Waals surface area contributed by atoms with Gasteiger partial charge in [0.05, 0.1) is 32.1 Å². The molecule has 0 bridgehead atoms. The van der Waals surface area contributed by atoms with Gasteiger partial charge in [0, 0.05) is 23.0 Å². The van der Waals surface area contributed by atoms with Gasteiger partial charge in [-0.2, -0.15) is 0 Å². The number of amides is 1. The summed E-state index contributed by atoms with van der Waals surface area (Å²) in [5.41, 5.74) is 2.20. The Kier molecular flexibility index (Phi) is 9.08. The van der Waals surface area contributed by atoms with E-state index < -0.39 is 38.9 Å². The third-order valence-electron chi connectivity index (χ3n) is 5.49. The number of aromatic nitrogens is 4. The van der Waals surface area contributed by atoms with Crippen LogP contribution in [0.5, 0.6) is 10.9 Å². The zero-order chi connectivity index (χ0) is 26.5. The van der Waals surface area contributed by atoms with Crippen molar-refractivity contribution in [3.63, 3.8) is 0 Å². The fourth-order valence-electron chi connectivity index (χ4n) is 3.90. The number of nitrogens with one attached hydrogen (secondary N) is 1. The number of rotatable bonds is 6. The van der Waals surface area contributed by atoms with E-state index in [2.05, 4.69) is 25.5 Å². The van der Waals surface area contributed by atoms with Crippen LogP contribution in [0.1, 0.15) is 16.1 Å².